The summed E-state index contributed by atoms with van der Waals surface area (Å²) in [7, 11) is 0. The van der Waals surface area contributed by atoms with Crippen molar-refractivity contribution in [1.29, 1.82) is 0 Å². The van der Waals surface area contributed by atoms with E-state index in [1.54, 1.807) is 13.8 Å². The Morgan fingerprint density at radius 2 is 1.92 bits per heavy atom. The van der Waals surface area contributed by atoms with Crippen LogP contribution in [0.4, 0.5) is 0 Å². The van der Waals surface area contributed by atoms with Gasteiger partial charge in [0.25, 0.3) is 0 Å². The number of thiazole rings is 1. The summed E-state index contributed by atoms with van der Waals surface area (Å²) in [4.78, 5) is 39.0. The van der Waals surface area contributed by atoms with Crippen molar-refractivity contribution in [1.82, 2.24) is 15.6 Å². The Bertz CT molecular complexity index is 619. The van der Waals surface area contributed by atoms with Crippen molar-refractivity contribution in [2.45, 2.75) is 53.5 Å². The van der Waals surface area contributed by atoms with Crippen LogP contribution in [0.5, 0.6) is 0 Å². The molecule has 0 aliphatic heterocycles. The number of hydrogen-bond donors (Lipinski definition) is 3. The van der Waals surface area contributed by atoms with E-state index in [2.05, 4.69) is 15.6 Å². The van der Waals surface area contributed by atoms with Gasteiger partial charge in [-0.1, -0.05) is 20.8 Å². The van der Waals surface area contributed by atoms with Crippen molar-refractivity contribution >= 4 is 29.1 Å². The molecule has 1 aromatic rings. The van der Waals surface area contributed by atoms with Crippen LogP contribution in [0.15, 0.2) is 0 Å². The molecule has 134 valence electrons. The van der Waals surface area contributed by atoms with E-state index in [-0.39, 0.29) is 29.2 Å². The number of aryl methyl sites for hydroxylation is 1. The summed E-state index contributed by atoms with van der Waals surface area (Å²) in [6, 6.07) is -0.349. The van der Waals surface area contributed by atoms with E-state index >= 15 is 0 Å². The number of aromatic carboxylic acids is 1. The minimum atomic E-state index is -1.01. The maximum atomic E-state index is 11.9. The quantitative estimate of drug-likeness (QED) is 0.650. The number of nitrogens with one attached hydrogen (secondary N) is 2. The molecule has 0 fully saturated rings. The zero-order chi connectivity index (χ0) is 18.5. The predicted molar refractivity (Wildman–Crippen MR) is 92.1 cm³/mol. The molecule has 0 aliphatic rings. The zero-order valence-corrected chi connectivity index (χ0v) is 15.5. The largest absolute Gasteiger partial charge is 0.477 e. The van der Waals surface area contributed by atoms with Crippen LogP contribution in [0.25, 0.3) is 0 Å². The lowest BCUT2D eigenvalue weighted by Gasteiger charge is -2.17. The predicted octanol–water partition coefficient (Wildman–Crippen LogP) is 2.27. The minimum Gasteiger partial charge on any atom is -0.477 e. The van der Waals surface area contributed by atoms with E-state index in [1.165, 1.54) is 0 Å². The highest BCUT2D eigenvalue weighted by Gasteiger charge is 2.21. The topological polar surface area (TPSA) is 108 Å². The Balaban J connectivity index is 2.41. The highest BCUT2D eigenvalue weighted by Crippen LogP contribution is 2.23. The van der Waals surface area contributed by atoms with E-state index < -0.39 is 11.4 Å². The van der Waals surface area contributed by atoms with Crippen LogP contribution in [-0.4, -0.2) is 34.4 Å². The Labute approximate surface area is 145 Å². The van der Waals surface area contributed by atoms with Crippen LogP contribution in [-0.2, 0) is 9.59 Å². The summed E-state index contributed by atoms with van der Waals surface area (Å²) < 4.78 is 0. The van der Waals surface area contributed by atoms with Gasteiger partial charge in [0.1, 0.15) is 9.88 Å². The molecule has 0 aromatic carbocycles. The monoisotopic (exact) mass is 355 g/mol. The molecule has 8 heteroatoms. The van der Waals surface area contributed by atoms with Crippen molar-refractivity contribution in [3.8, 4) is 0 Å². The lowest BCUT2D eigenvalue weighted by atomic mass is 9.96. The Kier molecular flexibility index (Phi) is 6.89. The van der Waals surface area contributed by atoms with Gasteiger partial charge in [-0.2, -0.15) is 0 Å². The number of carboxylic acid groups (broad SMARTS) is 1. The summed E-state index contributed by atoms with van der Waals surface area (Å²) >= 11 is 1.07. The molecule has 2 amide bonds. The Morgan fingerprint density at radius 3 is 2.42 bits per heavy atom. The van der Waals surface area contributed by atoms with Crippen LogP contribution in [0.2, 0.25) is 0 Å². The lowest BCUT2D eigenvalue weighted by molar-refractivity contribution is -0.128. The average Bonchev–Trinajstić information content (AvgIpc) is 2.84. The van der Waals surface area contributed by atoms with Gasteiger partial charge in [0, 0.05) is 18.4 Å². The number of nitrogens with zero attached hydrogens (tertiary/aromatic N) is 1. The van der Waals surface area contributed by atoms with Crippen molar-refractivity contribution in [3.05, 3.63) is 15.6 Å². The third kappa shape index (κ3) is 5.92. The third-order valence-electron chi connectivity index (χ3n) is 3.30. The summed E-state index contributed by atoms with van der Waals surface area (Å²) in [5, 5.41) is 15.2. The van der Waals surface area contributed by atoms with E-state index in [0.29, 0.717) is 23.7 Å². The van der Waals surface area contributed by atoms with Gasteiger partial charge in [-0.25, -0.2) is 9.78 Å². The Hall–Kier alpha value is -1.96. The third-order valence-corrected chi connectivity index (χ3v) is 4.63. The van der Waals surface area contributed by atoms with Crippen LogP contribution < -0.4 is 10.6 Å². The molecule has 1 rings (SSSR count). The second kappa shape index (κ2) is 8.23. The second-order valence-corrected chi connectivity index (χ2v) is 7.70. The molecular weight excluding hydrogens is 330 g/mol. The summed E-state index contributed by atoms with van der Waals surface area (Å²) in [5.74, 6) is -1.21. The molecule has 0 saturated carbocycles. The Morgan fingerprint density at radius 1 is 1.29 bits per heavy atom. The first-order chi connectivity index (χ1) is 11.0. The number of carbonyl (C=O) groups excluding carboxylic acids is 2. The highest BCUT2D eigenvalue weighted by atomic mass is 32.1. The molecule has 0 bridgehead atoms. The van der Waals surface area contributed by atoms with Crippen molar-refractivity contribution in [2.24, 2.45) is 5.41 Å². The molecule has 3 N–H and O–H groups in total. The molecule has 1 heterocycles. The zero-order valence-electron chi connectivity index (χ0n) is 14.7. The first kappa shape index (κ1) is 20.1. The van der Waals surface area contributed by atoms with Gasteiger partial charge in [0.2, 0.25) is 11.8 Å². The molecule has 0 saturated heterocycles. The van der Waals surface area contributed by atoms with Gasteiger partial charge in [-0.3, -0.25) is 9.59 Å². The van der Waals surface area contributed by atoms with Crippen molar-refractivity contribution < 1.29 is 19.5 Å². The molecule has 24 heavy (non-hydrogen) atoms. The maximum Gasteiger partial charge on any atom is 0.347 e. The van der Waals surface area contributed by atoms with Crippen LogP contribution >= 0.6 is 11.3 Å². The van der Waals surface area contributed by atoms with E-state index in [4.69, 9.17) is 5.11 Å². The van der Waals surface area contributed by atoms with Crippen LogP contribution in [0.1, 0.15) is 67.0 Å². The first-order valence-corrected chi connectivity index (χ1v) is 8.62. The fourth-order valence-electron chi connectivity index (χ4n) is 1.89. The van der Waals surface area contributed by atoms with Gasteiger partial charge in [-0.15, -0.1) is 11.3 Å². The standard InChI is InChI=1S/C16H25N3O4S/c1-9-12(14(21)22)24-13(19-9)10(2)18-11(20)7-6-8-17-15(23)16(3,4)5/h10H,6-8H2,1-5H3,(H,17,23)(H,18,20)(H,21,22). The fourth-order valence-corrected chi connectivity index (χ4v) is 2.80. The molecule has 0 radical (unpaired) electrons. The number of hydrogen-bond acceptors (Lipinski definition) is 5. The van der Waals surface area contributed by atoms with Crippen LogP contribution in [0.3, 0.4) is 0 Å². The van der Waals surface area contributed by atoms with Gasteiger partial charge < -0.3 is 15.7 Å². The normalized spacial score (nSPS) is 12.5. The SMILES string of the molecule is Cc1nc(C(C)NC(=O)CCCNC(=O)C(C)(C)C)sc1C(=O)O. The molecule has 1 unspecified atom stereocenters. The minimum absolute atomic E-state index is 0.0456. The van der Waals surface area contributed by atoms with E-state index in [1.807, 2.05) is 20.8 Å². The summed E-state index contributed by atoms with van der Waals surface area (Å²) in [6.45, 7) is 9.34. The van der Waals surface area contributed by atoms with Crippen LogP contribution in [0, 0.1) is 12.3 Å². The maximum absolute atomic E-state index is 11.9. The van der Waals surface area contributed by atoms with Gasteiger partial charge in [0.15, 0.2) is 0 Å². The molecular formula is C16H25N3O4S. The van der Waals surface area contributed by atoms with Gasteiger partial charge >= 0.3 is 5.97 Å². The van der Waals surface area contributed by atoms with E-state index in [9.17, 15) is 14.4 Å². The van der Waals surface area contributed by atoms with Crippen molar-refractivity contribution in [3.63, 3.8) is 0 Å². The number of carbonyl (C=O) groups is 3. The number of rotatable bonds is 7. The number of carboxylic acids is 1. The molecule has 1 atom stereocenters. The van der Waals surface area contributed by atoms with Gasteiger partial charge in [-0.05, 0) is 20.3 Å². The van der Waals surface area contributed by atoms with E-state index in [0.717, 1.165) is 11.3 Å². The molecule has 0 aliphatic carbocycles. The number of amides is 2. The molecule has 1 aromatic heterocycles. The van der Waals surface area contributed by atoms with Gasteiger partial charge in [0.05, 0.1) is 11.7 Å². The van der Waals surface area contributed by atoms with Crippen molar-refractivity contribution in [2.75, 3.05) is 6.54 Å². The summed E-state index contributed by atoms with van der Waals surface area (Å²) in [5.41, 5.74) is 0.00917. The lowest BCUT2D eigenvalue weighted by Crippen LogP contribution is -2.36. The number of aromatic nitrogens is 1. The fraction of sp³-hybridized carbons (Fsp3) is 0.625. The molecule has 0 spiro atoms. The summed E-state index contributed by atoms with van der Waals surface area (Å²) in [6.07, 6.45) is 0.822. The highest BCUT2D eigenvalue weighted by molar-refractivity contribution is 7.13. The first-order valence-electron chi connectivity index (χ1n) is 7.80. The molecule has 7 nitrogen and oxygen atoms in total. The second-order valence-electron chi connectivity index (χ2n) is 6.67. The smallest absolute Gasteiger partial charge is 0.347 e. The average molecular weight is 355 g/mol.